The van der Waals surface area contributed by atoms with E-state index in [1.54, 1.807) is 0 Å². The molecule has 0 aliphatic carbocycles. The molecular weight excluding hydrogens is 142 g/mol. The van der Waals surface area contributed by atoms with Gasteiger partial charge in [0.25, 0.3) is 0 Å². The molecule has 0 aliphatic rings. The van der Waals surface area contributed by atoms with E-state index in [2.05, 4.69) is 23.0 Å². The molecule has 0 amide bonds. The zero-order valence-corrected chi connectivity index (χ0v) is 5.96. The first-order valence-corrected chi connectivity index (χ1v) is 2.86. The highest BCUT2D eigenvalue weighted by Gasteiger charge is 1.91. The van der Waals surface area contributed by atoms with E-state index in [1.807, 2.05) is 6.92 Å². The van der Waals surface area contributed by atoms with Crippen LogP contribution in [-0.2, 0) is 0 Å². The summed E-state index contributed by atoms with van der Waals surface area (Å²) in [6.07, 6.45) is 0. The van der Waals surface area contributed by atoms with Crippen molar-refractivity contribution in [3.63, 3.8) is 0 Å². The largest absolute Gasteiger partial charge is 0.251 e. The fraction of sp³-hybridized carbons (Fsp3) is 0.333. The van der Waals surface area contributed by atoms with Gasteiger partial charge in [-0.25, -0.2) is 3.97 Å². The Labute approximate surface area is 57.3 Å². The molecule has 0 atom stereocenters. The van der Waals surface area contributed by atoms with Gasteiger partial charge in [-0.3, -0.25) is 5.10 Å². The minimum Gasteiger partial charge on any atom is -0.251 e. The SMILES string of the molecule is Cc1n[nH]c(=S)n1S. The van der Waals surface area contributed by atoms with E-state index in [0.29, 0.717) is 4.77 Å². The van der Waals surface area contributed by atoms with Gasteiger partial charge in [-0.15, -0.1) is 0 Å². The second-order valence-electron chi connectivity index (χ2n) is 1.39. The molecule has 0 saturated heterocycles. The quantitative estimate of drug-likeness (QED) is 0.423. The normalized spacial score (nSPS) is 9.75. The maximum Gasteiger partial charge on any atom is 0.205 e. The molecule has 0 aromatic carbocycles. The molecule has 0 bridgehead atoms. The maximum absolute atomic E-state index is 4.74. The van der Waals surface area contributed by atoms with Crippen molar-refractivity contribution in [1.29, 1.82) is 0 Å². The number of aromatic amines is 1. The van der Waals surface area contributed by atoms with Crippen LogP contribution in [0.5, 0.6) is 0 Å². The van der Waals surface area contributed by atoms with Gasteiger partial charge in [0.2, 0.25) is 4.77 Å². The van der Waals surface area contributed by atoms with Crippen LogP contribution in [0.1, 0.15) is 5.82 Å². The number of aryl methyl sites for hydroxylation is 1. The maximum atomic E-state index is 4.74. The Balaban J connectivity index is 3.41. The Bertz CT molecular complexity index is 235. The number of H-pyrrole nitrogens is 1. The lowest BCUT2D eigenvalue weighted by molar-refractivity contribution is 1.03. The highest BCUT2D eigenvalue weighted by molar-refractivity contribution is 7.79. The molecule has 0 spiro atoms. The Morgan fingerprint density at radius 3 is 2.62 bits per heavy atom. The van der Waals surface area contributed by atoms with Gasteiger partial charge in [0.1, 0.15) is 5.82 Å². The number of thiol groups is 1. The summed E-state index contributed by atoms with van der Waals surface area (Å²) in [7, 11) is 0. The Hall–Kier alpha value is -0.290. The van der Waals surface area contributed by atoms with Crippen LogP contribution in [0.15, 0.2) is 0 Å². The molecule has 0 fully saturated rings. The lowest BCUT2D eigenvalue weighted by atomic mass is 10.8. The van der Waals surface area contributed by atoms with Gasteiger partial charge in [0.05, 0.1) is 0 Å². The predicted octanol–water partition coefficient (Wildman–Crippen LogP) is 0.942. The van der Waals surface area contributed by atoms with E-state index in [1.165, 1.54) is 3.97 Å². The third-order valence-corrected chi connectivity index (χ3v) is 1.71. The van der Waals surface area contributed by atoms with E-state index < -0.39 is 0 Å². The lowest BCUT2D eigenvalue weighted by Crippen LogP contribution is -1.81. The van der Waals surface area contributed by atoms with Crippen molar-refractivity contribution in [2.24, 2.45) is 0 Å². The third-order valence-electron chi connectivity index (χ3n) is 0.812. The monoisotopic (exact) mass is 147 g/mol. The molecule has 5 heteroatoms. The fourth-order valence-electron chi connectivity index (χ4n) is 0.370. The first kappa shape index (κ1) is 5.84. The van der Waals surface area contributed by atoms with Crippen molar-refractivity contribution in [2.45, 2.75) is 6.92 Å². The molecule has 3 nitrogen and oxygen atoms in total. The summed E-state index contributed by atoms with van der Waals surface area (Å²) in [5, 5.41) is 6.36. The van der Waals surface area contributed by atoms with Crippen molar-refractivity contribution in [1.82, 2.24) is 14.2 Å². The van der Waals surface area contributed by atoms with Gasteiger partial charge in [-0.1, -0.05) is 12.8 Å². The fourth-order valence-corrected chi connectivity index (χ4v) is 0.638. The molecule has 8 heavy (non-hydrogen) atoms. The van der Waals surface area contributed by atoms with Crippen LogP contribution in [0.4, 0.5) is 0 Å². The molecule has 1 rings (SSSR count). The molecule has 0 aliphatic heterocycles. The third kappa shape index (κ3) is 0.784. The number of hydrogen-bond donors (Lipinski definition) is 2. The summed E-state index contributed by atoms with van der Waals surface area (Å²) in [5.74, 6) is 0.776. The summed E-state index contributed by atoms with van der Waals surface area (Å²) in [6.45, 7) is 1.82. The molecule has 0 radical (unpaired) electrons. The molecular formula is C3H5N3S2. The average molecular weight is 147 g/mol. The molecule has 1 aromatic heterocycles. The van der Waals surface area contributed by atoms with Crippen LogP contribution >= 0.6 is 25.0 Å². The molecule has 1 aromatic rings. The van der Waals surface area contributed by atoms with Crippen LogP contribution in [0.3, 0.4) is 0 Å². The molecule has 0 unspecified atom stereocenters. The van der Waals surface area contributed by atoms with Crippen LogP contribution in [-0.4, -0.2) is 14.2 Å². The molecule has 44 valence electrons. The zero-order valence-electron chi connectivity index (χ0n) is 4.25. The molecule has 1 N–H and O–H groups in total. The Morgan fingerprint density at radius 1 is 1.88 bits per heavy atom. The van der Waals surface area contributed by atoms with Crippen molar-refractivity contribution < 1.29 is 0 Å². The van der Waals surface area contributed by atoms with E-state index in [9.17, 15) is 0 Å². The van der Waals surface area contributed by atoms with Gasteiger partial charge >= 0.3 is 0 Å². The summed E-state index contributed by atoms with van der Waals surface area (Å²) >= 11 is 8.72. The van der Waals surface area contributed by atoms with Gasteiger partial charge < -0.3 is 0 Å². The second kappa shape index (κ2) is 1.91. The topological polar surface area (TPSA) is 33.6 Å². The first-order valence-electron chi connectivity index (χ1n) is 2.05. The van der Waals surface area contributed by atoms with Gasteiger partial charge in [0, 0.05) is 0 Å². The summed E-state index contributed by atoms with van der Waals surface area (Å²) in [6, 6.07) is 0. The lowest BCUT2D eigenvalue weighted by Gasteiger charge is -1.84. The van der Waals surface area contributed by atoms with E-state index in [-0.39, 0.29) is 0 Å². The van der Waals surface area contributed by atoms with Crippen molar-refractivity contribution in [3.05, 3.63) is 10.6 Å². The first-order chi connectivity index (χ1) is 3.72. The summed E-state index contributed by atoms with van der Waals surface area (Å²) in [4.78, 5) is 0. The van der Waals surface area contributed by atoms with Gasteiger partial charge in [-0.2, -0.15) is 5.10 Å². The number of hydrogen-bond acceptors (Lipinski definition) is 3. The van der Waals surface area contributed by atoms with Crippen LogP contribution < -0.4 is 0 Å². The Kier molecular flexibility index (Phi) is 1.39. The summed E-state index contributed by atoms with van der Waals surface area (Å²) in [5.41, 5.74) is 0. The van der Waals surface area contributed by atoms with E-state index in [4.69, 9.17) is 12.2 Å². The van der Waals surface area contributed by atoms with E-state index >= 15 is 0 Å². The van der Waals surface area contributed by atoms with Gasteiger partial charge in [-0.05, 0) is 19.1 Å². The van der Waals surface area contributed by atoms with Gasteiger partial charge in [0.15, 0.2) is 0 Å². The predicted molar refractivity (Wildman–Crippen MR) is 36.5 cm³/mol. The van der Waals surface area contributed by atoms with E-state index in [0.717, 1.165) is 5.82 Å². The second-order valence-corrected chi connectivity index (χ2v) is 2.17. The minimum absolute atomic E-state index is 0.533. The zero-order chi connectivity index (χ0) is 6.15. The highest BCUT2D eigenvalue weighted by atomic mass is 32.1. The number of rotatable bonds is 0. The van der Waals surface area contributed by atoms with Crippen LogP contribution in [0.2, 0.25) is 0 Å². The van der Waals surface area contributed by atoms with Crippen molar-refractivity contribution in [2.75, 3.05) is 0 Å². The average Bonchev–Trinajstić information content (AvgIpc) is 1.98. The number of aromatic nitrogens is 3. The minimum atomic E-state index is 0.533. The number of nitrogens with zero attached hydrogens (tertiary/aromatic N) is 2. The highest BCUT2D eigenvalue weighted by Crippen LogP contribution is 1.94. The standard InChI is InChI=1S/C3H5N3S2/c1-2-4-5-3(7)6(2)8/h8H,1H3,(H,5,7). The Morgan fingerprint density at radius 2 is 2.50 bits per heavy atom. The smallest absolute Gasteiger partial charge is 0.205 e. The molecule has 1 heterocycles. The molecule has 0 saturated carbocycles. The van der Waals surface area contributed by atoms with Crippen LogP contribution in [0.25, 0.3) is 0 Å². The number of nitrogens with one attached hydrogen (secondary N) is 1. The van der Waals surface area contributed by atoms with Crippen LogP contribution in [0, 0.1) is 11.7 Å². The van der Waals surface area contributed by atoms with Crippen molar-refractivity contribution >= 4 is 25.0 Å². The van der Waals surface area contributed by atoms with Crippen molar-refractivity contribution in [3.8, 4) is 0 Å². The summed E-state index contributed by atoms with van der Waals surface area (Å²) < 4.78 is 2.04.